The molecule has 108 valence electrons. The Hall–Kier alpha value is -2.00. The topological polar surface area (TPSA) is 90.0 Å². The van der Waals surface area contributed by atoms with Gasteiger partial charge in [0.2, 0.25) is 0 Å². The first-order valence-corrected chi connectivity index (χ1v) is 7.10. The Morgan fingerprint density at radius 2 is 1.90 bits per heavy atom. The van der Waals surface area contributed by atoms with Crippen molar-refractivity contribution < 1.29 is 17.2 Å². The van der Waals surface area contributed by atoms with Gasteiger partial charge in [-0.2, -0.15) is 5.10 Å². The van der Waals surface area contributed by atoms with Crippen molar-refractivity contribution in [2.75, 3.05) is 11.3 Å². The summed E-state index contributed by atoms with van der Waals surface area (Å²) in [6, 6.07) is 2.41. The molecule has 0 radical (unpaired) electrons. The molecule has 0 fully saturated rings. The highest BCUT2D eigenvalue weighted by Gasteiger charge is 2.17. The van der Waals surface area contributed by atoms with Crippen molar-refractivity contribution in [3.63, 3.8) is 0 Å². The van der Waals surface area contributed by atoms with Crippen LogP contribution in [0.15, 0.2) is 35.5 Å². The smallest absolute Gasteiger partial charge is 0.265 e. The molecule has 0 atom stereocenters. The van der Waals surface area contributed by atoms with E-state index in [9.17, 15) is 17.2 Å². The molecule has 0 unspecified atom stereocenters. The molecular formula is C11H12F2N4O2S. The molecule has 0 saturated heterocycles. The van der Waals surface area contributed by atoms with Crippen LogP contribution in [-0.4, -0.2) is 24.7 Å². The highest BCUT2D eigenvalue weighted by Crippen LogP contribution is 2.18. The first-order chi connectivity index (χ1) is 9.40. The molecule has 0 aliphatic heterocycles. The number of hydrogen-bond acceptors (Lipinski definition) is 4. The molecule has 1 aromatic carbocycles. The lowest BCUT2D eigenvalue weighted by atomic mass is 10.3. The number of nitrogens with two attached hydrogens (primary N) is 1. The van der Waals surface area contributed by atoms with E-state index < -0.39 is 21.7 Å². The Morgan fingerprint density at radius 1 is 1.25 bits per heavy atom. The van der Waals surface area contributed by atoms with Crippen molar-refractivity contribution in [2.24, 2.45) is 5.73 Å². The lowest BCUT2D eigenvalue weighted by Gasteiger charge is -2.06. The van der Waals surface area contributed by atoms with E-state index in [0.29, 0.717) is 19.2 Å². The normalized spacial score (nSPS) is 11.6. The number of hydrogen-bond donors (Lipinski definition) is 2. The molecule has 0 saturated carbocycles. The molecule has 0 aliphatic rings. The lowest BCUT2D eigenvalue weighted by Crippen LogP contribution is -2.13. The molecule has 0 aliphatic carbocycles. The van der Waals surface area contributed by atoms with E-state index in [4.69, 9.17) is 5.73 Å². The van der Waals surface area contributed by atoms with E-state index in [0.717, 1.165) is 18.3 Å². The van der Waals surface area contributed by atoms with Gasteiger partial charge in [-0.25, -0.2) is 17.2 Å². The van der Waals surface area contributed by atoms with Crippen LogP contribution in [0.3, 0.4) is 0 Å². The summed E-state index contributed by atoms with van der Waals surface area (Å²) in [5.41, 5.74) is 5.13. The van der Waals surface area contributed by atoms with Crippen LogP contribution in [0.2, 0.25) is 0 Å². The van der Waals surface area contributed by atoms with E-state index in [1.807, 2.05) is 0 Å². The highest BCUT2D eigenvalue weighted by molar-refractivity contribution is 7.92. The van der Waals surface area contributed by atoms with Crippen LogP contribution in [-0.2, 0) is 16.6 Å². The maximum Gasteiger partial charge on any atom is 0.265 e. The first-order valence-electron chi connectivity index (χ1n) is 5.62. The molecule has 2 rings (SSSR count). The Balaban J connectivity index is 2.25. The zero-order chi connectivity index (χ0) is 14.8. The predicted octanol–water partition coefficient (Wildman–Crippen LogP) is 0.921. The largest absolute Gasteiger partial charge is 0.329 e. The second-order valence-corrected chi connectivity index (χ2v) is 5.67. The zero-order valence-electron chi connectivity index (χ0n) is 10.3. The monoisotopic (exact) mass is 302 g/mol. The molecule has 20 heavy (non-hydrogen) atoms. The lowest BCUT2D eigenvalue weighted by molar-refractivity contribution is 0.584. The van der Waals surface area contributed by atoms with Crippen molar-refractivity contribution in [1.82, 2.24) is 9.78 Å². The van der Waals surface area contributed by atoms with Gasteiger partial charge in [0.05, 0.1) is 18.4 Å². The number of anilines is 1. The van der Waals surface area contributed by atoms with Gasteiger partial charge >= 0.3 is 0 Å². The molecular weight excluding hydrogens is 290 g/mol. The van der Waals surface area contributed by atoms with Gasteiger partial charge in [-0.15, -0.1) is 0 Å². The third kappa shape index (κ3) is 3.31. The minimum atomic E-state index is -3.95. The maximum absolute atomic E-state index is 13.0. The van der Waals surface area contributed by atoms with Gasteiger partial charge in [0.15, 0.2) is 0 Å². The second-order valence-electron chi connectivity index (χ2n) is 3.99. The fourth-order valence-electron chi connectivity index (χ4n) is 1.56. The van der Waals surface area contributed by atoms with Crippen LogP contribution in [0.4, 0.5) is 14.5 Å². The third-order valence-corrected chi connectivity index (χ3v) is 3.73. The van der Waals surface area contributed by atoms with Crippen molar-refractivity contribution in [3.05, 3.63) is 42.2 Å². The maximum atomic E-state index is 13.0. The quantitative estimate of drug-likeness (QED) is 0.859. The molecule has 3 N–H and O–H groups in total. The summed E-state index contributed by atoms with van der Waals surface area (Å²) < 4.78 is 53.5. The number of benzene rings is 1. The number of halogens is 2. The van der Waals surface area contributed by atoms with Crippen molar-refractivity contribution in [1.29, 1.82) is 0 Å². The summed E-state index contributed by atoms with van der Waals surface area (Å²) in [6.45, 7) is 0.674. The van der Waals surface area contributed by atoms with E-state index in [1.165, 1.54) is 10.9 Å². The van der Waals surface area contributed by atoms with Crippen molar-refractivity contribution in [2.45, 2.75) is 11.4 Å². The standard InChI is InChI=1S/C11H12F2N4O2S/c12-8-3-9(13)5-10(4-8)16-20(18,19)11-6-15-17(7-11)2-1-14/h3-7,16H,1-2,14H2. The van der Waals surface area contributed by atoms with Gasteiger partial charge in [0.1, 0.15) is 16.5 Å². The summed E-state index contributed by atoms with van der Waals surface area (Å²) in [7, 11) is -3.95. The fourth-order valence-corrected chi connectivity index (χ4v) is 2.56. The average Bonchev–Trinajstić information content (AvgIpc) is 2.76. The molecule has 0 amide bonds. The summed E-state index contributed by atoms with van der Waals surface area (Å²) in [4.78, 5) is -0.115. The minimum Gasteiger partial charge on any atom is -0.329 e. The molecule has 9 heteroatoms. The van der Waals surface area contributed by atoms with Crippen LogP contribution < -0.4 is 10.5 Å². The number of aromatic nitrogens is 2. The number of sulfonamides is 1. The second kappa shape index (κ2) is 5.55. The average molecular weight is 302 g/mol. The molecule has 0 spiro atoms. The van der Waals surface area contributed by atoms with Gasteiger partial charge in [-0.1, -0.05) is 0 Å². The third-order valence-electron chi connectivity index (χ3n) is 2.39. The Labute approximate surface area is 114 Å². The molecule has 6 nitrogen and oxygen atoms in total. The van der Waals surface area contributed by atoms with Gasteiger partial charge in [-0.05, 0) is 12.1 Å². The van der Waals surface area contributed by atoms with Crippen LogP contribution in [0, 0.1) is 11.6 Å². The van der Waals surface area contributed by atoms with Crippen molar-refractivity contribution >= 4 is 15.7 Å². The number of nitrogens with one attached hydrogen (secondary N) is 1. The fraction of sp³-hybridized carbons (Fsp3) is 0.182. The van der Waals surface area contributed by atoms with Crippen LogP contribution >= 0.6 is 0 Å². The SMILES string of the molecule is NCCn1cc(S(=O)(=O)Nc2cc(F)cc(F)c2)cn1. The van der Waals surface area contributed by atoms with Crippen LogP contribution in [0.1, 0.15) is 0 Å². The predicted molar refractivity (Wildman–Crippen MR) is 68.4 cm³/mol. The highest BCUT2D eigenvalue weighted by atomic mass is 32.2. The summed E-state index contributed by atoms with van der Waals surface area (Å²) in [6.07, 6.45) is 2.42. The molecule has 2 aromatic rings. The van der Waals surface area contributed by atoms with Crippen LogP contribution in [0.25, 0.3) is 0 Å². The van der Waals surface area contributed by atoms with E-state index >= 15 is 0 Å². The first kappa shape index (κ1) is 14.4. The summed E-state index contributed by atoms with van der Waals surface area (Å²) in [5, 5.41) is 3.82. The van der Waals surface area contributed by atoms with Gasteiger partial charge < -0.3 is 5.73 Å². The number of rotatable bonds is 5. The van der Waals surface area contributed by atoms with E-state index in [-0.39, 0.29) is 10.6 Å². The summed E-state index contributed by atoms with van der Waals surface area (Å²) in [5.74, 6) is -1.75. The zero-order valence-corrected chi connectivity index (χ0v) is 11.1. The number of nitrogens with zero attached hydrogens (tertiary/aromatic N) is 2. The molecule has 1 aromatic heterocycles. The van der Waals surface area contributed by atoms with E-state index in [2.05, 4.69) is 9.82 Å². The van der Waals surface area contributed by atoms with Crippen molar-refractivity contribution in [3.8, 4) is 0 Å². The van der Waals surface area contributed by atoms with Gasteiger partial charge in [-0.3, -0.25) is 9.40 Å². The molecule has 1 heterocycles. The van der Waals surface area contributed by atoms with Crippen LogP contribution in [0.5, 0.6) is 0 Å². The van der Waals surface area contributed by atoms with Gasteiger partial charge in [0.25, 0.3) is 10.0 Å². The van der Waals surface area contributed by atoms with Gasteiger partial charge in [0, 0.05) is 18.8 Å². The Bertz CT molecular complexity index is 695. The minimum absolute atomic E-state index is 0.115. The van der Waals surface area contributed by atoms with E-state index in [1.54, 1.807) is 0 Å². The Kier molecular flexibility index (Phi) is 4.00. The molecule has 0 bridgehead atoms. The summed E-state index contributed by atoms with van der Waals surface area (Å²) >= 11 is 0. The Morgan fingerprint density at radius 3 is 2.50 bits per heavy atom.